The summed E-state index contributed by atoms with van der Waals surface area (Å²) in [5.41, 5.74) is 3.53. The molecule has 154 valence electrons. The highest BCUT2D eigenvalue weighted by atomic mass is 35.5. The van der Waals surface area contributed by atoms with Gasteiger partial charge in [0.05, 0.1) is 12.3 Å². The molecule has 0 aromatic heterocycles. The van der Waals surface area contributed by atoms with Crippen LogP contribution in [0.3, 0.4) is 0 Å². The third-order valence-corrected chi connectivity index (χ3v) is 6.10. The van der Waals surface area contributed by atoms with Crippen molar-refractivity contribution in [3.63, 3.8) is 0 Å². The number of aryl methyl sites for hydroxylation is 1. The van der Waals surface area contributed by atoms with E-state index in [4.69, 9.17) is 11.6 Å². The summed E-state index contributed by atoms with van der Waals surface area (Å²) in [5, 5.41) is 3.47. The Morgan fingerprint density at radius 1 is 1.07 bits per heavy atom. The third-order valence-electron chi connectivity index (χ3n) is 4.85. The molecule has 1 heterocycles. The quantitative estimate of drug-likeness (QED) is 0.730. The maximum Gasteiger partial charge on any atom is 0.242 e. The average molecular weight is 432 g/mol. The molecule has 29 heavy (non-hydrogen) atoms. The molecule has 0 atom stereocenters. The van der Waals surface area contributed by atoms with E-state index in [9.17, 15) is 9.59 Å². The predicted molar refractivity (Wildman–Crippen MR) is 121 cm³/mol. The first-order chi connectivity index (χ1) is 14.0. The van der Waals surface area contributed by atoms with E-state index in [0.29, 0.717) is 18.8 Å². The Hall–Kier alpha value is -2.18. The van der Waals surface area contributed by atoms with Crippen LogP contribution in [0, 0.1) is 6.92 Å². The molecule has 0 aliphatic carbocycles. The number of thioether (sulfide) groups is 1. The summed E-state index contributed by atoms with van der Waals surface area (Å²) in [6.07, 6.45) is 0. The van der Waals surface area contributed by atoms with Crippen molar-refractivity contribution in [2.24, 2.45) is 0 Å². The first kappa shape index (κ1) is 21.5. The standard InChI is InChI=1S/C22H26ClN3O2S/c1-17-3-2-4-18(13-17)15-29-16-21(27)24-14-22(28)26-11-9-25(10-12-26)20-7-5-19(23)6-8-20/h2-8,13H,9-12,14-16H2,1H3,(H,24,27). The van der Waals surface area contributed by atoms with Crippen molar-refractivity contribution < 1.29 is 9.59 Å². The first-order valence-corrected chi connectivity index (χ1v) is 11.2. The summed E-state index contributed by atoms with van der Waals surface area (Å²) in [6.45, 7) is 4.97. The molecular weight excluding hydrogens is 406 g/mol. The Labute approximate surface area is 181 Å². The second-order valence-electron chi connectivity index (χ2n) is 7.10. The molecule has 2 aromatic rings. The Bertz CT molecular complexity index is 836. The van der Waals surface area contributed by atoms with Gasteiger partial charge >= 0.3 is 0 Å². The molecule has 0 radical (unpaired) electrons. The monoisotopic (exact) mass is 431 g/mol. The SMILES string of the molecule is Cc1cccc(CSCC(=O)NCC(=O)N2CCN(c3ccc(Cl)cc3)CC2)c1. The zero-order valence-electron chi connectivity index (χ0n) is 16.6. The summed E-state index contributed by atoms with van der Waals surface area (Å²) in [4.78, 5) is 28.5. The smallest absolute Gasteiger partial charge is 0.242 e. The number of rotatable bonds is 7. The van der Waals surface area contributed by atoms with E-state index in [-0.39, 0.29) is 18.4 Å². The second kappa shape index (κ2) is 10.6. The molecule has 2 amide bonds. The lowest BCUT2D eigenvalue weighted by molar-refractivity contribution is -0.132. The van der Waals surface area contributed by atoms with E-state index < -0.39 is 0 Å². The zero-order valence-corrected chi connectivity index (χ0v) is 18.1. The van der Waals surface area contributed by atoms with E-state index in [0.717, 1.165) is 29.6 Å². The number of anilines is 1. The van der Waals surface area contributed by atoms with Gasteiger partial charge in [0.1, 0.15) is 0 Å². The largest absolute Gasteiger partial charge is 0.368 e. The summed E-state index contributed by atoms with van der Waals surface area (Å²) < 4.78 is 0. The van der Waals surface area contributed by atoms with Gasteiger partial charge in [0.2, 0.25) is 11.8 Å². The van der Waals surface area contributed by atoms with Crippen LogP contribution in [-0.2, 0) is 15.3 Å². The molecule has 1 fully saturated rings. The van der Waals surface area contributed by atoms with E-state index in [1.807, 2.05) is 35.2 Å². The number of carbonyl (C=O) groups is 2. The number of nitrogens with one attached hydrogen (secondary N) is 1. The first-order valence-electron chi connectivity index (χ1n) is 9.69. The van der Waals surface area contributed by atoms with Crippen LogP contribution in [0.1, 0.15) is 11.1 Å². The van der Waals surface area contributed by atoms with Crippen LogP contribution in [-0.4, -0.2) is 55.2 Å². The molecule has 2 aromatic carbocycles. The predicted octanol–water partition coefficient (Wildman–Crippen LogP) is 3.35. The maximum absolute atomic E-state index is 12.4. The molecule has 0 bridgehead atoms. The van der Waals surface area contributed by atoms with Crippen molar-refractivity contribution in [1.29, 1.82) is 0 Å². The minimum atomic E-state index is -0.101. The highest BCUT2D eigenvalue weighted by Gasteiger charge is 2.21. The second-order valence-corrected chi connectivity index (χ2v) is 8.52. The molecule has 0 saturated carbocycles. The van der Waals surface area contributed by atoms with Gasteiger partial charge in [-0.3, -0.25) is 9.59 Å². The number of hydrogen-bond donors (Lipinski definition) is 1. The van der Waals surface area contributed by atoms with Gasteiger partial charge in [0, 0.05) is 42.6 Å². The Balaban J connectivity index is 1.34. The lowest BCUT2D eigenvalue weighted by Crippen LogP contribution is -2.51. The van der Waals surface area contributed by atoms with Crippen LogP contribution < -0.4 is 10.2 Å². The van der Waals surface area contributed by atoms with Crippen molar-refractivity contribution in [2.45, 2.75) is 12.7 Å². The number of nitrogens with zero attached hydrogens (tertiary/aromatic N) is 2. The molecule has 1 aliphatic rings. The van der Waals surface area contributed by atoms with Crippen molar-refractivity contribution in [2.75, 3.05) is 43.4 Å². The molecule has 0 unspecified atom stereocenters. The highest BCUT2D eigenvalue weighted by molar-refractivity contribution is 7.99. The molecule has 7 heteroatoms. The van der Waals surface area contributed by atoms with Gasteiger partial charge in [0.25, 0.3) is 0 Å². The summed E-state index contributed by atoms with van der Waals surface area (Å²) in [7, 11) is 0. The normalized spacial score (nSPS) is 14.0. The number of halogens is 1. The Morgan fingerprint density at radius 3 is 2.48 bits per heavy atom. The fourth-order valence-electron chi connectivity index (χ4n) is 3.27. The molecule has 1 aliphatic heterocycles. The summed E-state index contributed by atoms with van der Waals surface area (Å²) in [5.74, 6) is 1.01. The molecule has 3 rings (SSSR count). The number of amides is 2. The molecular formula is C22H26ClN3O2S. The molecule has 5 nitrogen and oxygen atoms in total. The fraction of sp³-hybridized carbons (Fsp3) is 0.364. The number of hydrogen-bond acceptors (Lipinski definition) is 4. The zero-order chi connectivity index (χ0) is 20.6. The van der Waals surface area contributed by atoms with E-state index in [1.54, 1.807) is 11.8 Å². The number of benzene rings is 2. The van der Waals surface area contributed by atoms with E-state index in [2.05, 4.69) is 35.3 Å². The number of carbonyl (C=O) groups excluding carboxylic acids is 2. The van der Waals surface area contributed by atoms with Crippen LogP contribution >= 0.6 is 23.4 Å². The van der Waals surface area contributed by atoms with Gasteiger partial charge in [-0.2, -0.15) is 0 Å². The Morgan fingerprint density at radius 2 is 1.79 bits per heavy atom. The third kappa shape index (κ3) is 6.68. The van der Waals surface area contributed by atoms with Crippen LogP contribution in [0.25, 0.3) is 0 Å². The van der Waals surface area contributed by atoms with Gasteiger partial charge in [-0.1, -0.05) is 41.4 Å². The van der Waals surface area contributed by atoms with E-state index in [1.165, 1.54) is 11.1 Å². The topological polar surface area (TPSA) is 52.7 Å². The lowest BCUT2D eigenvalue weighted by atomic mass is 10.2. The fourth-order valence-corrected chi connectivity index (χ4v) is 4.20. The van der Waals surface area contributed by atoms with Crippen LogP contribution in [0.5, 0.6) is 0 Å². The summed E-state index contributed by atoms with van der Waals surface area (Å²) in [6, 6.07) is 16.0. The van der Waals surface area contributed by atoms with Crippen molar-refractivity contribution >= 4 is 40.9 Å². The minimum absolute atomic E-state index is 0.0298. The van der Waals surface area contributed by atoms with Crippen molar-refractivity contribution in [1.82, 2.24) is 10.2 Å². The lowest BCUT2D eigenvalue weighted by Gasteiger charge is -2.36. The van der Waals surface area contributed by atoms with Crippen molar-refractivity contribution in [3.05, 3.63) is 64.7 Å². The highest BCUT2D eigenvalue weighted by Crippen LogP contribution is 2.19. The van der Waals surface area contributed by atoms with E-state index >= 15 is 0 Å². The maximum atomic E-state index is 12.4. The number of piperazine rings is 1. The molecule has 0 spiro atoms. The van der Waals surface area contributed by atoms with Gasteiger partial charge in [-0.25, -0.2) is 0 Å². The van der Waals surface area contributed by atoms with Crippen molar-refractivity contribution in [3.8, 4) is 0 Å². The Kier molecular flexibility index (Phi) is 7.83. The minimum Gasteiger partial charge on any atom is -0.368 e. The van der Waals surface area contributed by atoms with Gasteiger partial charge in [0.15, 0.2) is 0 Å². The van der Waals surface area contributed by atoms with Gasteiger partial charge in [-0.05, 0) is 36.8 Å². The molecule has 1 N–H and O–H groups in total. The average Bonchev–Trinajstić information content (AvgIpc) is 2.73. The molecule has 1 saturated heterocycles. The summed E-state index contributed by atoms with van der Waals surface area (Å²) >= 11 is 7.49. The van der Waals surface area contributed by atoms with Gasteiger partial charge < -0.3 is 15.1 Å². The van der Waals surface area contributed by atoms with Crippen LogP contribution in [0.4, 0.5) is 5.69 Å². The van der Waals surface area contributed by atoms with Gasteiger partial charge in [-0.15, -0.1) is 11.8 Å². The van der Waals surface area contributed by atoms with Crippen LogP contribution in [0.2, 0.25) is 5.02 Å². The van der Waals surface area contributed by atoms with Crippen LogP contribution in [0.15, 0.2) is 48.5 Å².